The van der Waals surface area contributed by atoms with E-state index in [2.05, 4.69) is 38.2 Å². The van der Waals surface area contributed by atoms with Crippen LogP contribution in [0.4, 0.5) is 0 Å². The highest BCUT2D eigenvalue weighted by Crippen LogP contribution is 2.62. The van der Waals surface area contributed by atoms with Crippen LogP contribution in [0.15, 0.2) is 59.3 Å². The molecule has 0 saturated heterocycles. The van der Waals surface area contributed by atoms with E-state index in [4.69, 9.17) is 15.6 Å². The number of allylic oxidation sites excluding steroid dienone is 3. The maximum absolute atomic E-state index is 13.7. The second-order valence-corrected chi connectivity index (χ2v) is 13.1. The zero-order valence-corrected chi connectivity index (χ0v) is 21.7. The minimum Gasteiger partial charge on any atom is -0.444 e. The fourth-order valence-electron chi connectivity index (χ4n) is 8.72. The van der Waals surface area contributed by atoms with Gasteiger partial charge in [-0.15, -0.1) is 0 Å². The lowest BCUT2D eigenvalue weighted by Crippen LogP contribution is -2.49. The number of ketones is 1. The third kappa shape index (κ3) is 3.50. The molecule has 2 heterocycles. The predicted octanol–water partition coefficient (Wildman–Crippen LogP) is 5.79. The number of hydrogen-bond acceptors (Lipinski definition) is 5. The lowest BCUT2D eigenvalue weighted by Gasteiger charge is -2.56. The van der Waals surface area contributed by atoms with Crippen molar-refractivity contribution in [3.05, 3.63) is 70.6 Å². The number of nitrogens with two attached hydrogens (primary N) is 1. The number of nitrogens with zero attached hydrogens (tertiary/aromatic N) is 3. The van der Waals surface area contributed by atoms with Crippen molar-refractivity contribution in [3.63, 3.8) is 0 Å². The first-order valence-electron chi connectivity index (χ1n) is 13.7. The van der Waals surface area contributed by atoms with Gasteiger partial charge >= 0.3 is 0 Å². The molecular formula is C31H34N4O2. The number of carbonyl (C=O) groups excluding carboxylic acids is 1. The molecule has 6 heteroatoms. The molecule has 1 aromatic carbocycles. The molecule has 5 aliphatic carbocycles. The minimum atomic E-state index is -0.530. The summed E-state index contributed by atoms with van der Waals surface area (Å²) < 4.78 is 7.96. The Morgan fingerprint density at radius 1 is 1.05 bits per heavy atom. The Bertz CT molecular complexity index is 1370. The van der Waals surface area contributed by atoms with Gasteiger partial charge in [0, 0.05) is 35.6 Å². The molecule has 190 valence electrons. The van der Waals surface area contributed by atoms with Gasteiger partial charge in [0.05, 0.1) is 17.3 Å². The molecule has 8 rings (SSSR count). The van der Waals surface area contributed by atoms with Crippen LogP contribution in [-0.2, 0) is 14.9 Å². The molecule has 1 aliphatic heterocycles. The van der Waals surface area contributed by atoms with Crippen LogP contribution in [0.5, 0.6) is 0 Å². The monoisotopic (exact) mass is 494 g/mol. The average molecular weight is 495 g/mol. The largest absolute Gasteiger partial charge is 0.444 e. The molecule has 2 N–H and O–H groups in total. The highest BCUT2D eigenvalue weighted by Gasteiger charge is 2.55. The number of ether oxygens (including phenoxy) is 1. The highest BCUT2D eigenvalue weighted by molar-refractivity contribution is 6.00. The number of Topliss-reactive ketones (excluding diaryl/α,β-unsaturated/α-hetero) is 1. The van der Waals surface area contributed by atoms with Crippen molar-refractivity contribution in [2.75, 3.05) is 0 Å². The molecule has 4 fully saturated rings. The second kappa shape index (κ2) is 7.84. The van der Waals surface area contributed by atoms with Crippen molar-refractivity contribution < 1.29 is 9.53 Å². The first-order valence-corrected chi connectivity index (χ1v) is 13.7. The van der Waals surface area contributed by atoms with Crippen molar-refractivity contribution in [1.29, 1.82) is 5.26 Å². The van der Waals surface area contributed by atoms with Crippen LogP contribution < -0.4 is 5.73 Å². The average Bonchev–Trinajstić information content (AvgIpc) is 3.28. The standard InChI is InChI=1S/C31H34N4O2/c1-30(2)14-24(36)27-25(15-30)37-29(33)22(16-32)26(27)23-17-35(21-6-4-3-5-7-21)34-28(23)31-11-18-8-19(12-31)10-20(9-18)13-31/h3-7,17-20,26H,8-15,33H2,1-2H3/t18?,19?,20?,26-,31?/m0/s1. The lowest BCUT2D eigenvalue weighted by molar-refractivity contribution is -0.119. The Kier molecular flexibility index (Phi) is 4.84. The molecule has 6 nitrogen and oxygen atoms in total. The van der Waals surface area contributed by atoms with Gasteiger partial charge in [0.15, 0.2) is 5.78 Å². The van der Waals surface area contributed by atoms with Gasteiger partial charge in [-0.25, -0.2) is 4.68 Å². The van der Waals surface area contributed by atoms with Crippen LogP contribution in [0.25, 0.3) is 5.69 Å². The molecule has 0 unspecified atom stereocenters. The molecule has 37 heavy (non-hydrogen) atoms. The summed E-state index contributed by atoms with van der Waals surface area (Å²) in [7, 11) is 0. The fraction of sp³-hybridized carbons (Fsp3) is 0.516. The first kappa shape index (κ1) is 22.8. The SMILES string of the molecule is CC1(C)CC(=O)C2=C(C1)OC(N)=C(C#N)[C@H]2c1cn(-c2ccccc2)nc1C12CC3CC(CC(C3)C1)C2. The Morgan fingerprint density at radius 2 is 1.70 bits per heavy atom. The Balaban J connectivity index is 1.45. The number of nitriles is 1. The fourth-order valence-corrected chi connectivity index (χ4v) is 8.72. The number of benzene rings is 1. The highest BCUT2D eigenvalue weighted by atomic mass is 16.5. The van der Waals surface area contributed by atoms with E-state index >= 15 is 0 Å². The Labute approximate surface area is 218 Å². The number of carbonyl (C=O) groups is 1. The molecule has 6 aliphatic rings. The van der Waals surface area contributed by atoms with Gasteiger partial charge in [0.1, 0.15) is 17.4 Å². The van der Waals surface area contributed by atoms with Crippen LogP contribution in [-0.4, -0.2) is 15.6 Å². The van der Waals surface area contributed by atoms with Gasteiger partial charge in [-0.1, -0.05) is 32.0 Å². The zero-order valence-electron chi connectivity index (χ0n) is 21.7. The number of para-hydroxylation sites is 1. The van der Waals surface area contributed by atoms with Crippen LogP contribution in [0.3, 0.4) is 0 Å². The lowest BCUT2D eigenvalue weighted by atomic mass is 9.48. The summed E-state index contributed by atoms with van der Waals surface area (Å²) in [5, 5.41) is 15.6. The van der Waals surface area contributed by atoms with Crippen molar-refractivity contribution in [3.8, 4) is 11.8 Å². The third-order valence-electron chi connectivity index (χ3n) is 9.69. The maximum atomic E-state index is 13.7. The van der Waals surface area contributed by atoms with Crippen LogP contribution >= 0.6 is 0 Å². The van der Waals surface area contributed by atoms with Crippen molar-refractivity contribution in [2.24, 2.45) is 28.9 Å². The summed E-state index contributed by atoms with van der Waals surface area (Å²) in [5.41, 5.74) is 10.2. The third-order valence-corrected chi connectivity index (χ3v) is 9.69. The van der Waals surface area contributed by atoms with E-state index in [0.29, 0.717) is 29.7 Å². The van der Waals surface area contributed by atoms with Gasteiger partial charge in [-0.3, -0.25) is 4.79 Å². The molecule has 0 radical (unpaired) electrons. The van der Waals surface area contributed by atoms with Gasteiger partial charge in [0.2, 0.25) is 5.88 Å². The van der Waals surface area contributed by atoms with Crippen LogP contribution in [0.2, 0.25) is 0 Å². The van der Waals surface area contributed by atoms with E-state index in [-0.39, 0.29) is 22.5 Å². The van der Waals surface area contributed by atoms with Crippen molar-refractivity contribution >= 4 is 5.78 Å². The molecule has 4 saturated carbocycles. The van der Waals surface area contributed by atoms with E-state index in [1.54, 1.807) is 0 Å². The molecule has 1 aromatic heterocycles. The Morgan fingerprint density at radius 3 is 2.32 bits per heavy atom. The molecule has 0 amide bonds. The molecule has 2 aromatic rings. The van der Waals surface area contributed by atoms with E-state index in [0.717, 1.165) is 54.0 Å². The quantitative estimate of drug-likeness (QED) is 0.583. The summed E-state index contributed by atoms with van der Waals surface area (Å²) in [6.07, 6.45) is 10.6. The van der Waals surface area contributed by atoms with E-state index in [1.165, 1.54) is 19.3 Å². The van der Waals surface area contributed by atoms with Gasteiger partial charge in [0.25, 0.3) is 0 Å². The number of aromatic nitrogens is 2. The van der Waals surface area contributed by atoms with E-state index in [1.807, 2.05) is 22.9 Å². The topological polar surface area (TPSA) is 93.9 Å². The number of hydrogen-bond donors (Lipinski definition) is 1. The smallest absolute Gasteiger partial charge is 0.205 e. The van der Waals surface area contributed by atoms with Crippen molar-refractivity contribution in [1.82, 2.24) is 9.78 Å². The Hall–Kier alpha value is -3.33. The summed E-state index contributed by atoms with van der Waals surface area (Å²) in [5.74, 6) is 2.53. The maximum Gasteiger partial charge on any atom is 0.205 e. The summed E-state index contributed by atoms with van der Waals surface area (Å²) in [6.45, 7) is 4.17. The minimum absolute atomic E-state index is 0.00451. The van der Waals surface area contributed by atoms with Gasteiger partial charge in [-0.2, -0.15) is 10.4 Å². The van der Waals surface area contributed by atoms with E-state index in [9.17, 15) is 10.1 Å². The second-order valence-electron chi connectivity index (χ2n) is 13.1. The van der Waals surface area contributed by atoms with Crippen LogP contribution in [0.1, 0.15) is 82.4 Å². The van der Waals surface area contributed by atoms with Crippen molar-refractivity contribution in [2.45, 2.75) is 76.5 Å². The first-order chi connectivity index (χ1) is 17.7. The zero-order chi connectivity index (χ0) is 25.5. The van der Waals surface area contributed by atoms with E-state index < -0.39 is 5.92 Å². The van der Waals surface area contributed by atoms with Crippen LogP contribution in [0, 0.1) is 34.5 Å². The summed E-state index contributed by atoms with van der Waals surface area (Å²) in [4.78, 5) is 13.7. The van der Waals surface area contributed by atoms with Gasteiger partial charge < -0.3 is 10.5 Å². The predicted molar refractivity (Wildman–Crippen MR) is 139 cm³/mol. The summed E-state index contributed by atoms with van der Waals surface area (Å²) >= 11 is 0. The summed E-state index contributed by atoms with van der Waals surface area (Å²) in [6, 6.07) is 12.5. The number of rotatable bonds is 3. The van der Waals surface area contributed by atoms with Gasteiger partial charge in [-0.05, 0) is 73.8 Å². The normalized spacial score (nSPS) is 33.8. The molecule has 4 bridgehead atoms. The molecule has 1 atom stereocenters. The molecule has 0 spiro atoms. The molecular weight excluding hydrogens is 460 g/mol.